The Morgan fingerprint density at radius 2 is 2.33 bits per heavy atom. The first-order chi connectivity index (χ1) is 10.2. The first-order valence-corrected chi connectivity index (χ1v) is 8.22. The van der Waals surface area contributed by atoms with E-state index in [-0.39, 0.29) is 5.69 Å². The molecule has 0 atom stereocenters. The van der Waals surface area contributed by atoms with E-state index in [2.05, 4.69) is 22.4 Å². The molecule has 3 rings (SSSR count). The zero-order valence-electron chi connectivity index (χ0n) is 11.7. The molecule has 1 fully saturated rings. The highest BCUT2D eigenvalue weighted by molar-refractivity contribution is 7.99. The van der Waals surface area contributed by atoms with Crippen molar-refractivity contribution in [2.75, 3.05) is 6.54 Å². The van der Waals surface area contributed by atoms with Gasteiger partial charge >= 0.3 is 5.69 Å². The second kappa shape index (κ2) is 6.25. The summed E-state index contributed by atoms with van der Waals surface area (Å²) in [5.74, 6) is 0. The quantitative estimate of drug-likeness (QED) is 0.857. The first kappa shape index (κ1) is 14.7. The second-order valence-electron chi connectivity index (χ2n) is 5.05. The molecule has 1 aliphatic carbocycles. The fraction of sp³-hybridized carbons (Fsp3) is 0.429. The minimum absolute atomic E-state index is 0.129. The fourth-order valence-electron chi connectivity index (χ4n) is 2.14. The Balaban J connectivity index is 1.90. The molecule has 0 amide bonds. The van der Waals surface area contributed by atoms with Gasteiger partial charge in [-0.2, -0.15) is 0 Å². The molecule has 7 heteroatoms. The topological polar surface area (TPSA) is 62.7 Å². The molecule has 0 spiro atoms. The van der Waals surface area contributed by atoms with Crippen LogP contribution in [0.3, 0.4) is 0 Å². The number of nitrogens with zero attached hydrogens (tertiary/aromatic N) is 2. The van der Waals surface area contributed by atoms with Crippen LogP contribution in [0.2, 0.25) is 5.02 Å². The lowest BCUT2D eigenvalue weighted by molar-refractivity contribution is 0.642. The molecule has 1 aromatic carbocycles. The Morgan fingerprint density at radius 1 is 1.52 bits per heavy atom. The van der Waals surface area contributed by atoms with Crippen molar-refractivity contribution in [1.29, 1.82) is 0 Å². The molecule has 112 valence electrons. The fourth-order valence-corrected chi connectivity index (χ4v) is 3.46. The maximum absolute atomic E-state index is 11.8. The molecular formula is C14H17ClN4OS. The van der Waals surface area contributed by atoms with Crippen molar-refractivity contribution >= 4 is 23.4 Å². The van der Waals surface area contributed by atoms with Crippen molar-refractivity contribution in [1.82, 2.24) is 20.1 Å². The molecule has 0 bridgehead atoms. The van der Waals surface area contributed by atoms with Crippen LogP contribution in [0.15, 0.2) is 33.0 Å². The molecule has 0 radical (unpaired) electrons. The Bertz CT molecular complexity index is 693. The number of benzene rings is 1. The molecule has 1 aliphatic rings. The minimum Gasteiger partial charge on any atom is -0.313 e. The number of halogens is 1. The van der Waals surface area contributed by atoms with Crippen molar-refractivity contribution in [2.45, 2.75) is 42.4 Å². The van der Waals surface area contributed by atoms with Crippen molar-refractivity contribution in [3.05, 3.63) is 39.3 Å². The van der Waals surface area contributed by atoms with Gasteiger partial charge in [-0.1, -0.05) is 24.6 Å². The summed E-state index contributed by atoms with van der Waals surface area (Å²) in [7, 11) is 0. The molecular weight excluding hydrogens is 308 g/mol. The number of hydrogen-bond donors (Lipinski definition) is 2. The van der Waals surface area contributed by atoms with Gasteiger partial charge < -0.3 is 5.32 Å². The van der Waals surface area contributed by atoms with E-state index in [1.165, 1.54) is 11.8 Å². The van der Waals surface area contributed by atoms with Crippen LogP contribution in [0.5, 0.6) is 0 Å². The maximum atomic E-state index is 11.8. The third kappa shape index (κ3) is 3.33. The molecule has 0 unspecified atom stereocenters. The molecule has 2 N–H and O–H groups in total. The molecule has 21 heavy (non-hydrogen) atoms. The van der Waals surface area contributed by atoms with Gasteiger partial charge in [-0.3, -0.25) is 4.57 Å². The average Bonchev–Trinajstić information content (AvgIpc) is 3.23. The Hall–Kier alpha value is -1.24. The van der Waals surface area contributed by atoms with Crippen LogP contribution in [-0.2, 0) is 6.54 Å². The van der Waals surface area contributed by atoms with Crippen molar-refractivity contribution in [3.8, 4) is 0 Å². The van der Waals surface area contributed by atoms with Gasteiger partial charge in [0, 0.05) is 22.5 Å². The van der Waals surface area contributed by atoms with E-state index < -0.39 is 0 Å². The number of nitrogens with one attached hydrogen (secondary N) is 2. The van der Waals surface area contributed by atoms with Crippen LogP contribution < -0.4 is 11.0 Å². The van der Waals surface area contributed by atoms with E-state index in [1.54, 1.807) is 4.57 Å². The third-order valence-electron chi connectivity index (χ3n) is 3.38. The minimum atomic E-state index is -0.129. The van der Waals surface area contributed by atoms with Gasteiger partial charge in [0.15, 0.2) is 5.16 Å². The summed E-state index contributed by atoms with van der Waals surface area (Å²) in [5, 5.41) is 11.4. The van der Waals surface area contributed by atoms with E-state index in [0.717, 1.165) is 36.4 Å². The Kier molecular flexibility index (Phi) is 4.37. The Morgan fingerprint density at radius 3 is 3.05 bits per heavy atom. The summed E-state index contributed by atoms with van der Waals surface area (Å²) >= 11 is 7.60. The van der Waals surface area contributed by atoms with Crippen molar-refractivity contribution < 1.29 is 0 Å². The summed E-state index contributed by atoms with van der Waals surface area (Å²) in [4.78, 5) is 12.9. The van der Waals surface area contributed by atoms with Crippen LogP contribution in [0.25, 0.3) is 0 Å². The first-order valence-electron chi connectivity index (χ1n) is 7.03. The lowest BCUT2D eigenvalue weighted by atomic mass is 10.2. The summed E-state index contributed by atoms with van der Waals surface area (Å²) in [6.07, 6.45) is 2.10. The molecule has 1 aromatic heterocycles. The summed E-state index contributed by atoms with van der Waals surface area (Å²) in [6, 6.07) is 6.13. The maximum Gasteiger partial charge on any atom is 0.344 e. The van der Waals surface area contributed by atoms with Crippen LogP contribution in [0.4, 0.5) is 0 Å². The largest absolute Gasteiger partial charge is 0.344 e. The lowest BCUT2D eigenvalue weighted by Gasteiger charge is -2.10. The predicted molar refractivity (Wildman–Crippen MR) is 84.1 cm³/mol. The normalized spacial score (nSPS) is 14.6. The Labute approximate surface area is 132 Å². The predicted octanol–water partition coefficient (Wildman–Crippen LogP) is 2.82. The van der Waals surface area contributed by atoms with E-state index in [9.17, 15) is 4.79 Å². The molecule has 1 heterocycles. The smallest absolute Gasteiger partial charge is 0.313 e. The summed E-state index contributed by atoms with van der Waals surface area (Å²) in [6.45, 7) is 3.75. The second-order valence-corrected chi connectivity index (χ2v) is 6.49. The molecule has 0 saturated heterocycles. The van der Waals surface area contributed by atoms with Gasteiger partial charge in [-0.05, 0) is 48.8 Å². The average molecular weight is 325 g/mol. The van der Waals surface area contributed by atoms with E-state index in [4.69, 9.17) is 11.6 Å². The zero-order chi connectivity index (χ0) is 14.8. The molecule has 1 saturated carbocycles. The number of rotatable bonds is 6. The van der Waals surface area contributed by atoms with Crippen LogP contribution in [0, 0.1) is 0 Å². The van der Waals surface area contributed by atoms with E-state index >= 15 is 0 Å². The van der Waals surface area contributed by atoms with E-state index in [0.29, 0.717) is 16.2 Å². The molecule has 2 aromatic rings. The lowest BCUT2D eigenvalue weighted by Crippen LogP contribution is -2.16. The summed E-state index contributed by atoms with van der Waals surface area (Å²) < 4.78 is 1.75. The van der Waals surface area contributed by atoms with E-state index in [1.807, 2.05) is 18.2 Å². The summed E-state index contributed by atoms with van der Waals surface area (Å²) in [5.41, 5.74) is 1.03. The number of hydrogen-bond acceptors (Lipinski definition) is 4. The van der Waals surface area contributed by atoms with Gasteiger partial charge in [-0.15, -0.1) is 5.10 Å². The van der Waals surface area contributed by atoms with Gasteiger partial charge in [0.2, 0.25) is 0 Å². The zero-order valence-corrected chi connectivity index (χ0v) is 13.3. The number of H-pyrrole nitrogens is 1. The monoisotopic (exact) mass is 324 g/mol. The molecule has 5 nitrogen and oxygen atoms in total. The highest BCUT2D eigenvalue weighted by Gasteiger charge is 2.29. The SMILES string of the molecule is CCNCc1ccc(Cl)cc1Sc1n[nH]c(=O)n1C1CC1. The number of aromatic nitrogens is 3. The van der Waals surface area contributed by atoms with Gasteiger partial charge in [0.1, 0.15) is 0 Å². The van der Waals surface area contributed by atoms with Crippen molar-refractivity contribution in [3.63, 3.8) is 0 Å². The van der Waals surface area contributed by atoms with Crippen LogP contribution in [-0.4, -0.2) is 21.3 Å². The van der Waals surface area contributed by atoms with Crippen LogP contribution in [0.1, 0.15) is 31.4 Å². The third-order valence-corrected chi connectivity index (χ3v) is 4.69. The standard InChI is InChI=1S/C14H17ClN4OS/c1-2-16-8-9-3-4-10(15)7-12(9)21-14-18-17-13(20)19(14)11-5-6-11/h3-4,7,11,16H,2,5-6,8H2,1H3,(H,17,20). The van der Waals surface area contributed by atoms with Crippen molar-refractivity contribution in [2.24, 2.45) is 0 Å². The molecule has 0 aliphatic heterocycles. The highest BCUT2D eigenvalue weighted by Crippen LogP contribution is 2.38. The van der Waals surface area contributed by atoms with Gasteiger partial charge in [0.25, 0.3) is 0 Å². The number of aromatic amines is 1. The van der Waals surface area contributed by atoms with Gasteiger partial charge in [-0.25, -0.2) is 9.89 Å². The van der Waals surface area contributed by atoms with Crippen LogP contribution >= 0.6 is 23.4 Å². The van der Waals surface area contributed by atoms with Gasteiger partial charge in [0.05, 0.1) is 0 Å². The highest BCUT2D eigenvalue weighted by atomic mass is 35.5.